The molecule has 1 aromatic carbocycles. The molecule has 1 saturated carbocycles. The summed E-state index contributed by atoms with van der Waals surface area (Å²) in [6.07, 6.45) is 3.13. The van der Waals surface area contributed by atoms with Gasteiger partial charge in [0, 0.05) is 12.6 Å². The molecule has 7 heteroatoms. The number of para-hydroxylation sites is 1. The number of benzene rings is 1. The molecule has 7 nitrogen and oxygen atoms in total. The second-order valence-corrected chi connectivity index (χ2v) is 9.57. The number of esters is 1. The number of amides is 1. The number of hydrogen-bond acceptors (Lipinski definition) is 5. The third kappa shape index (κ3) is 3.91. The summed E-state index contributed by atoms with van der Waals surface area (Å²) in [7, 11) is 0. The summed E-state index contributed by atoms with van der Waals surface area (Å²) in [5.74, 6) is -0.746. The standard InChI is InChI=1S/C22H28N4O3/c1-15-19(24-26(23-15)16-8-6-5-7-9-16)20(28)29-12-18(27)25-14-22(4)11-17(25)10-21(2,3)13-22/h5-9,17H,10-14H2,1-4H3/t17-,22-/m1/s1. The van der Waals surface area contributed by atoms with E-state index in [1.165, 1.54) is 4.80 Å². The number of carbonyl (C=O) groups is 2. The number of carbonyl (C=O) groups excluding carboxylic acids is 2. The molecule has 0 radical (unpaired) electrons. The van der Waals surface area contributed by atoms with Gasteiger partial charge in [-0.2, -0.15) is 9.90 Å². The summed E-state index contributed by atoms with van der Waals surface area (Å²) >= 11 is 0. The molecule has 2 aromatic rings. The van der Waals surface area contributed by atoms with Gasteiger partial charge >= 0.3 is 5.97 Å². The maximum Gasteiger partial charge on any atom is 0.361 e. The van der Waals surface area contributed by atoms with Crippen LogP contribution in [0.3, 0.4) is 0 Å². The van der Waals surface area contributed by atoms with Gasteiger partial charge in [-0.3, -0.25) is 4.79 Å². The molecule has 1 saturated heterocycles. The molecular weight excluding hydrogens is 368 g/mol. The van der Waals surface area contributed by atoms with Crippen molar-refractivity contribution >= 4 is 11.9 Å². The lowest BCUT2D eigenvalue weighted by Gasteiger charge is -2.39. The summed E-state index contributed by atoms with van der Waals surface area (Å²) in [5, 5.41) is 8.53. The Kier molecular flexibility index (Phi) is 4.71. The van der Waals surface area contributed by atoms with Crippen molar-refractivity contribution in [1.82, 2.24) is 19.9 Å². The largest absolute Gasteiger partial charge is 0.451 e. The Bertz CT molecular complexity index is 937. The van der Waals surface area contributed by atoms with Crippen molar-refractivity contribution in [2.24, 2.45) is 10.8 Å². The number of likely N-dealkylation sites (tertiary alicyclic amines) is 1. The van der Waals surface area contributed by atoms with Crippen LogP contribution in [0.15, 0.2) is 30.3 Å². The lowest BCUT2D eigenvalue weighted by molar-refractivity contribution is -0.135. The Labute approximate surface area is 171 Å². The first-order valence-corrected chi connectivity index (χ1v) is 10.1. The quantitative estimate of drug-likeness (QED) is 0.742. The molecule has 0 unspecified atom stereocenters. The molecule has 0 spiro atoms. The van der Waals surface area contributed by atoms with Crippen LogP contribution < -0.4 is 0 Å². The molecule has 154 valence electrons. The van der Waals surface area contributed by atoms with E-state index in [9.17, 15) is 9.59 Å². The van der Waals surface area contributed by atoms with Crippen LogP contribution in [0.2, 0.25) is 0 Å². The van der Waals surface area contributed by atoms with Crippen LogP contribution in [0, 0.1) is 17.8 Å². The Morgan fingerprint density at radius 3 is 2.59 bits per heavy atom. The number of ether oxygens (including phenoxy) is 1. The molecule has 0 N–H and O–H groups in total. The predicted molar refractivity (Wildman–Crippen MR) is 108 cm³/mol. The number of hydrogen-bond donors (Lipinski definition) is 0. The Hall–Kier alpha value is -2.70. The van der Waals surface area contributed by atoms with Gasteiger partial charge in [0.2, 0.25) is 0 Å². The van der Waals surface area contributed by atoms with Crippen LogP contribution in [-0.4, -0.2) is 51.0 Å². The predicted octanol–water partition coefficient (Wildman–Crippen LogP) is 3.16. The fourth-order valence-electron chi connectivity index (χ4n) is 5.27. The fourth-order valence-corrected chi connectivity index (χ4v) is 5.27. The van der Waals surface area contributed by atoms with Gasteiger partial charge in [0.25, 0.3) is 5.91 Å². The van der Waals surface area contributed by atoms with Gasteiger partial charge in [0.05, 0.1) is 11.4 Å². The maximum atomic E-state index is 12.8. The molecule has 2 fully saturated rings. The van der Waals surface area contributed by atoms with Crippen molar-refractivity contribution < 1.29 is 14.3 Å². The number of nitrogens with zero attached hydrogens (tertiary/aromatic N) is 4. The summed E-state index contributed by atoms with van der Waals surface area (Å²) in [4.78, 5) is 28.6. The number of fused-ring (bicyclic) bond motifs is 2. The lowest BCUT2D eigenvalue weighted by atomic mass is 9.65. The summed E-state index contributed by atoms with van der Waals surface area (Å²) < 4.78 is 5.32. The van der Waals surface area contributed by atoms with Gasteiger partial charge in [0.1, 0.15) is 0 Å². The van der Waals surface area contributed by atoms with Crippen LogP contribution in [0.4, 0.5) is 0 Å². The minimum Gasteiger partial charge on any atom is -0.451 e. The van der Waals surface area contributed by atoms with Crippen molar-refractivity contribution in [2.75, 3.05) is 13.2 Å². The zero-order chi connectivity index (χ0) is 20.8. The van der Waals surface area contributed by atoms with Gasteiger partial charge in [-0.05, 0) is 49.1 Å². The second kappa shape index (κ2) is 6.97. The Balaban J connectivity index is 1.40. The van der Waals surface area contributed by atoms with E-state index in [1.807, 2.05) is 35.2 Å². The summed E-state index contributed by atoms with van der Waals surface area (Å²) in [6.45, 7) is 8.97. The van der Waals surface area contributed by atoms with Gasteiger partial charge in [-0.15, -0.1) is 5.10 Å². The van der Waals surface area contributed by atoms with E-state index in [0.717, 1.165) is 31.5 Å². The third-order valence-corrected chi connectivity index (χ3v) is 6.02. The van der Waals surface area contributed by atoms with E-state index in [0.29, 0.717) is 5.69 Å². The maximum absolute atomic E-state index is 12.8. The summed E-state index contributed by atoms with van der Waals surface area (Å²) in [5.41, 5.74) is 1.75. The van der Waals surface area contributed by atoms with E-state index in [-0.39, 0.29) is 35.1 Å². The number of rotatable bonds is 4. The van der Waals surface area contributed by atoms with Crippen molar-refractivity contribution in [3.05, 3.63) is 41.7 Å². The van der Waals surface area contributed by atoms with Crippen molar-refractivity contribution in [1.29, 1.82) is 0 Å². The Morgan fingerprint density at radius 1 is 1.14 bits per heavy atom. The van der Waals surface area contributed by atoms with Crippen LogP contribution >= 0.6 is 0 Å². The average Bonchev–Trinajstić information content (AvgIpc) is 3.16. The molecule has 1 amide bonds. The van der Waals surface area contributed by atoms with E-state index in [4.69, 9.17) is 4.74 Å². The highest BCUT2D eigenvalue weighted by Crippen LogP contribution is 2.52. The minimum absolute atomic E-state index is 0.127. The first kappa shape index (κ1) is 19.6. The fraction of sp³-hybridized carbons (Fsp3) is 0.545. The highest BCUT2D eigenvalue weighted by molar-refractivity contribution is 5.90. The van der Waals surface area contributed by atoms with Gasteiger partial charge in [-0.1, -0.05) is 39.0 Å². The highest BCUT2D eigenvalue weighted by atomic mass is 16.5. The van der Waals surface area contributed by atoms with Crippen LogP contribution in [-0.2, 0) is 9.53 Å². The molecule has 2 aliphatic rings. The first-order valence-electron chi connectivity index (χ1n) is 10.1. The molecule has 2 atom stereocenters. The van der Waals surface area contributed by atoms with E-state index >= 15 is 0 Å². The summed E-state index contributed by atoms with van der Waals surface area (Å²) in [6, 6.07) is 9.58. The molecule has 1 aromatic heterocycles. The van der Waals surface area contributed by atoms with Crippen LogP contribution in [0.25, 0.3) is 5.69 Å². The average molecular weight is 396 g/mol. The van der Waals surface area contributed by atoms with E-state index < -0.39 is 5.97 Å². The smallest absolute Gasteiger partial charge is 0.361 e. The van der Waals surface area contributed by atoms with Crippen molar-refractivity contribution in [3.63, 3.8) is 0 Å². The van der Waals surface area contributed by atoms with Crippen LogP contribution in [0.1, 0.15) is 56.2 Å². The molecular formula is C22H28N4O3. The number of aryl methyl sites for hydroxylation is 1. The van der Waals surface area contributed by atoms with Crippen molar-refractivity contribution in [2.45, 2.75) is 53.0 Å². The molecule has 2 bridgehead atoms. The second-order valence-electron chi connectivity index (χ2n) is 9.57. The van der Waals surface area contributed by atoms with E-state index in [2.05, 4.69) is 31.0 Å². The van der Waals surface area contributed by atoms with Gasteiger partial charge in [-0.25, -0.2) is 4.79 Å². The molecule has 4 rings (SSSR count). The van der Waals surface area contributed by atoms with Crippen molar-refractivity contribution in [3.8, 4) is 5.69 Å². The van der Waals surface area contributed by atoms with Crippen LogP contribution in [0.5, 0.6) is 0 Å². The molecule has 29 heavy (non-hydrogen) atoms. The highest BCUT2D eigenvalue weighted by Gasteiger charge is 2.50. The zero-order valence-electron chi connectivity index (χ0n) is 17.5. The first-order chi connectivity index (χ1) is 13.7. The number of aromatic nitrogens is 3. The van der Waals surface area contributed by atoms with E-state index in [1.54, 1.807) is 6.92 Å². The monoisotopic (exact) mass is 396 g/mol. The SMILES string of the molecule is Cc1nn(-c2ccccc2)nc1C(=O)OCC(=O)N1C[C@]2(C)C[C@H]1CC(C)(C)C2. The zero-order valence-corrected chi connectivity index (χ0v) is 17.5. The topological polar surface area (TPSA) is 77.3 Å². The van der Waals surface area contributed by atoms with Gasteiger partial charge < -0.3 is 9.64 Å². The lowest BCUT2D eigenvalue weighted by Crippen LogP contribution is -2.39. The molecule has 2 heterocycles. The molecule has 1 aliphatic carbocycles. The third-order valence-electron chi connectivity index (χ3n) is 6.02. The van der Waals surface area contributed by atoms with Gasteiger partial charge in [0.15, 0.2) is 12.3 Å². The molecule has 1 aliphatic heterocycles. The normalized spacial score (nSPS) is 25.1. The Morgan fingerprint density at radius 2 is 1.86 bits per heavy atom. The minimum atomic E-state index is -0.619.